The van der Waals surface area contributed by atoms with Gasteiger partial charge in [-0.15, -0.1) is 11.3 Å². The number of aryl methyl sites for hydroxylation is 1. The molecule has 0 saturated carbocycles. The second-order valence-corrected chi connectivity index (χ2v) is 8.38. The molecule has 0 aliphatic rings. The third kappa shape index (κ3) is 4.27. The highest BCUT2D eigenvalue weighted by Crippen LogP contribution is 2.31. The second-order valence-electron chi connectivity index (χ2n) is 6.44. The molecule has 0 saturated heterocycles. The van der Waals surface area contributed by atoms with Crippen LogP contribution in [0.4, 0.5) is 10.1 Å². The normalized spacial score (nSPS) is 10.9. The molecule has 6 nitrogen and oxygen atoms in total. The lowest BCUT2D eigenvalue weighted by Gasteiger charge is -2.06. The molecular weight excluding hydrogens is 473 g/mol. The highest BCUT2D eigenvalue weighted by atomic mass is 79.9. The first-order valence-electron chi connectivity index (χ1n) is 8.88. The minimum absolute atomic E-state index is 0.338. The zero-order chi connectivity index (χ0) is 21.3. The summed E-state index contributed by atoms with van der Waals surface area (Å²) in [4.78, 5) is 25.6. The summed E-state index contributed by atoms with van der Waals surface area (Å²) >= 11 is 4.53. The fourth-order valence-corrected chi connectivity index (χ4v) is 4.35. The van der Waals surface area contributed by atoms with E-state index in [2.05, 4.69) is 26.3 Å². The zero-order valence-corrected chi connectivity index (χ0v) is 18.1. The van der Waals surface area contributed by atoms with Crippen molar-refractivity contribution in [3.8, 4) is 5.69 Å². The molecular formula is C21H15BrFN3O3S. The first-order chi connectivity index (χ1) is 14.4. The number of amides is 1. The Morgan fingerprint density at radius 3 is 2.70 bits per heavy atom. The Balaban J connectivity index is 1.48. The number of hydrogen-bond acceptors (Lipinski definition) is 5. The molecule has 30 heavy (non-hydrogen) atoms. The Morgan fingerprint density at radius 2 is 1.97 bits per heavy atom. The number of aromatic nitrogens is 2. The van der Waals surface area contributed by atoms with Crippen molar-refractivity contribution < 1.29 is 18.7 Å². The molecule has 0 aliphatic heterocycles. The van der Waals surface area contributed by atoms with Crippen molar-refractivity contribution in [1.29, 1.82) is 0 Å². The van der Waals surface area contributed by atoms with Crippen molar-refractivity contribution >= 4 is 55.0 Å². The minimum Gasteiger partial charge on any atom is -0.451 e. The molecule has 0 aliphatic carbocycles. The molecule has 2 heterocycles. The fraction of sp³-hybridized carbons (Fsp3) is 0.0952. The van der Waals surface area contributed by atoms with E-state index in [1.807, 2.05) is 13.0 Å². The molecule has 9 heteroatoms. The third-order valence-electron chi connectivity index (χ3n) is 4.26. The summed E-state index contributed by atoms with van der Waals surface area (Å²) < 4.78 is 20.9. The Hall–Kier alpha value is -3.04. The van der Waals surface area contributed by atoms with E-state index in [0.29, 0.717) is 16.3 Å². The Labute approximate surface area is 183 Å². The maximum Gasteiger partial charge on any atom is 0.348 e. The van der Waals surface area contributed by atoms with E-state index in [9.17, 15) is 14.0 Å². The standard InChI is InChI=1S/C21H15BrFN3O3S/c1-12-17-10-18(30-20(17)26(25-12)16-7-5-14(23)6-8-16)21(28)29-11-19(27)24-15-4-2-3-13(22)9-15/h2-10H,11H2,1H3,(H,24,27). The molecule has 1 N–H and O–H groups in total. The number of rotatable bonds is 5. The second kappa shape index (κ2) is 8.37. The summed E-state index contributed by atoms with van der Waals surface area (Å²) in [5, 5.41) is 7.93. The number of benzene rings is 2. The first-order valence-corrected chi connectivity index (χ1v) is 10.5. The number of esters is 1. The number of hydrogen-bond donors (Lipinski definition) is 1. The van der Waals surface area contributed by atoms with Crippen LogP contribution in [0, 0.1) is 12.7 Å². The number of nitrogens with one attached hydrogen (secondary N) is 1. The van der Waals surface area contributed by atoms with Gasteiger partial charge in [-0.25, -0.2) is 13.9 Å². The van der Waals surface area contributed by atoms with Gasteiger partial charge in [-0.1, -0.05) is 22.0 Å². The average molecular weight is 488 g/mol. The number of thiophene rings is 1. The van der Waals surface area contributed by atoms with Gasteiger partial charge in [0, 0.05) is 15.5 Å². The van der Waals surface area contributed by atoms with Crippen molar-refractivity contribution in [2.75, 3.05) is 11.9 Å². The van der Waals surface area contributed by atoms with Gasteiger partial charge in [0.25, 0.3) is 5.91 Å². The lowest BCUT2D eigenvalue weighted by Crippen LogP contribution is -2.20. The van der Waals surface area contributed by atoms with Gasteiger partial charge in [-0.2, -0.15) is 5.10 Å². The van der Waals surface area contributed by atoms with Crippen LogP contribution < -0.4 is 5.32 Å². The van der Waals surface area contributed by atoms with Gasteiger partial charge in [0.05, 0.1) is 11.4 Å². The van der Waals surface area contributed by atoms with Gasteiger partial charge in [0.2, 0.25) is 0 Å². The van der Waals surface area contributed by atoms with Gasteiger partial charge in [-0.05, 0) is 55.5 Å². The summed E-state index contributed by atoms with van der Waals surface area (Å²) in [6, 6.07) is 14.7. The molecule has 1 amide bonds. The number of fused-ring (bicyclic) bond motifs is 1. The SMILES string of the molecule is Cc1nn(-c2ccc(F)cc2)c2sc(C(=O)OCC(=O)Nc3cccc(Br)c3)cc12. The molecule has 4 aromatic rings. The van der Waals surface area contributed by atoms with Crippen LogP contribution in [0.15, 0.2) is 59.1 Å². The first kappa shape index (κ1) is 20.2. The summed E-state index contributed by atoms with van der Waals surface area (Å²) in [6.45, 7) is 1.43. The highest BCUT2D eigenvalue weighted by Gasteiger charge is 2.19. The molecule has 0 bridgehead atoms. The quantitative estimate of drug-likeness (QED) is 0.397. The maximum absolute atomic E-state index is 13.2. The van der Waals surface area contributed by atoms with Crippen molar-refractivity contribution in [3.63, 3.8) is 0 Å². The topological polar surface area (TPSA) is 73.2 Å². The molecule has 152 valence electrons. The predicted octanol–water partition coefficient (Wildman–Crippen LogP) is 5.09. The molecule has 4 rings (SSSR count). The van der Waals surface area contributed by atoms with Crippen LogP contribution in [0.3, 0.4) is 0 Å². The molecule has 0 radical (unpaired) electrons. The van der Waals surface area contributed by atoms with Crippen LogP contribution in [0.1, 0.15) is 15.4 Å². The third-order valence-corrected chi connectivity index (χ3v) is 5.84. The lowest BCUT2D eigenvalue weighted by molar-refractivity contribution is -0.119. The Morgan fingerprint density at radius 1 is 1.20 bits per heavy atom. The highest BCUT2D eigenvalue weighted by molar-refractivity contribution is 9.10. The van der Waals surface area contributed by atoms with Crippen LogP contribution in [0.25, 0.3) is 15.9 Å². The average Bonchev–Trinajstić information content (AvgIpc) is 3.28. The Bertz CT molecular complexity index is 1250. The fourth-order valence-electron chi connectivity index (χ4n) is 2.87. The maximum atomic E-state index is 13.2. The Kier molecular flexibility index (Phi) is 5.65. The van der Waals surface area contributed by atoms with Crippen molar-refractivity contribution in [2.24, 2.45) is 0 Å². The number of anilines is 1. The van der Waals surface area contributed by atoms with Gasteiger partial charge in [0.1, 0.15) is 15.5 Å². The van der Waals surface area contributed by atoms with Crippen molar-refractivity contribution in [2.45, 2.75) is 6.92 Å². The molecule has 2 aromatic carbocycles. The largest absolute Gasteiger partial charge is 0.451 e. The van der Waals surface area contributed by atoms with E-state index in [0.717, 1.165) is 20.4 Å². The number of ether oxygens (including phenoxy) is 1. The van der Waals surface area contributed by atoms with Crippen molar-refractivity contribution in [1.82, 2.24) is 9.78 Å². The molecule has 0 spiro atoms. The van der Waals surface area contributed by atoms with Crippen LogP contribution in [0.2, 0.25) is 0 Å². The summed E-state index contributed by atoms with van der Waals surface area (Å²) in [5.41, 5.74) is 2.02. The van der Waals surface area contributed by atoms with E-state index in [1.54, 1.807) is 41.1 Å². The summed E-state index contributed by atoms with van der Waals surface area (Å²) in [7, 11) is 0. The summed E-state index contributed by atoms with van der Waals surface area (Å²) in [5.74, 6) is -1.36. The van der Waals surface area contributed by atoms with E-state index in [4.69, 9.17) is 4.74 Å². The van der Waals surface area contributed by atoms with E-state index >= 15 is 0 Å². The van der Waals surface area contributed by atoms with Crippen molar-refractivity contribution in [3.05, 3.63) is 75.5 Å². The molecule has 2 aromatic heterocycles. The monoisotopic (exact) mass is 487 g/mol. The predicted molar refractivity (Wildman–Crippen MR) is 117 cm³/mol. The number of halogens is 2. The smallest absolute Gasteiger partial charge is 0.348 e. The molecule has 0 unspecified atom stereocenters. The van der Waals surface area contributed by atoms with Crippen LogP contribution in [-0.4, -0.2) is 28.3 Å². The van der Waals surface area contributed by atoms with Crippen LogP contribution in [-0.2, 0) is 9.53 Å². The number of carbonyl (C=O) groups excluding carboxylic acids is 2. The van der Waals surface area contributed by atoms with E-state index in [-0.39, 0.29) is 5.82 Å². The van der Waals surface area contributed by atoms with Gasteiger partial charge in [-0.3, -0.25) is 4.79 Å². The van der Waals surface area contributed by atoms with Gasteiger partial charge < -0.3 is 10.1 Å². The molecule has 0 fully saturated rings. The van der Waals surface area contributed by atoms with Gasteiger partial charge >= 0.3 is 5.97 Å². The van der Waals surface area contributed by atoms with Gasteiger partial charge in [0.15, 0.2) is 6.61 Å². The van der Waals surface area contributed by atoms with E-state index in [1.165, 1.54) is 23.5 Å². The zero-order valence-electron chi connectivity index (χ0n) is 15.7. The van der Waals surface area contributed by atoms with Crippen LogP contribution >= 0.6 is 27.3 Å². The number of nitrogens with zero attached hydrogens (tertiary/aromatic N) is 2. The minimum atomic E-state index is -0.592. The summed E-state index contributed by atoms with van der Waals surface area (Å²) in [6.07, 6.45) is 0. The lowest BCUT2D eigenvalue weighted by atomic mass is 10.3. The number of carbonyl (C=O) groups is 2. The van der Waals surface area contributed by atoms with E-state index < -0.39 is 18.5 Å². The molecule has 0 atom stereocenters. The van der Waals surface area contributed by atoms with Crippen LogP contribution in [0.5, 0.6) is 0 Å².